The molecule has 0 saturated carbocycles. The molecule has 8 heteroatoms. The molecule has 0 bridgehead atoms. The highest BCUT2D eigenvalue weighted by molar-refractivity contribution is 5.87. The van der Waals surface area contributed by atoms with Gasteiger partial charge in [-0.2, -0.15) is 0 Å². The van der Waals surface area contributed by atoms with Crippen molar-refractivity contribution in [2.75, 3.05) is 7.11 Å². The summed E-state index contributed by atoms with van der Waals surface area (Å²) in [6, 6.07) is 0. The van der Waals surface area contributed by atoms with Crippen molar-refractivity contribution in [1.82, 2.24) is 0 Å². The van der Waals surface area contributed by atoms with Crippen LogP contribution in [-0.2, 0) is 33.4 Å². The smallest absolute Gasteiger partial charge is 0.351 e. The summed E-state index contributed by atoms with van der Waals surface area (Å²) in [5.74, 6) is -4.95. The summed E-state index contributed by atoms with van der Waals surface area (Å²) in [5.41, 5.74) is 0. The average molecular weight is 247 g/mol. The predicted octanol–water partition coefficient (Wildman–Crippen LogP) is -2.23. The van der Waals surface area contributed by atoms with Gasteiger partial charge in [0.25, 0.3) is 0 Å². The first-order valence-electron chi connectivity index (χ1n) is 4.42. The van der Waals surface area contributed by atoms with Crippen LogP contribution in [0.1, 0.15) is 13.8 Å². The number of esters is 3. The number of ether oxygens (including phenoxy) is 3. The molecule has 0 unspecified atom stereocenters. The molecule has 0 N–H and O–H groups in total. The van der Waals surface area contributed by atoms with Crippen molar-refractivity contribution < 1.29 is 38.5 Å². The Hall–Kier alpha value is -2.12. The Morgan fingerprint density at radius 3 is 1.65 bits per heavy atom. The Labute approximate surface area is 96.4 Å². The van der Waals surface area contributed by atoms with Crippen LogP contribution in [0.4, 0.5) is 0 Å². The number of carbonyl (C=O) groups is 4. The van der Waals surface area contributed by atoms with Crippen molar-refractivity contribution in [3.63, 3.8) is 0 Å². The summed E-state index contributed by atoms with van der Waals surface area (Å²) < 4.78 is 13.0. The molecule has 0 aromatic carbocycles. The van der Waals surface area contributed by atoms with Crippen LogP contribution in [-0.4, -0.2) is 43.2 Å². The number of carbonyl (C=O) groups excluding carboxylic acids is 4. The fraction of sp³-hybridized carbons (Fsp3) is 0.556. The van der Waals surface area contributed by atoms with Gasteiger partial charge in [-0.05, 0) is 0 Å². The summed E-state index contributed by atoms with van der Waals surface area (Å²) in [6.07, 6.45) is -3.95. The van der Waals surface area contributed by atoms with Crippen LogP contribution in [0.5, 0.6) is 0 Å². The number of hydrogen-bond acceptors (Lipinski definition) is 8. The van der Waals surface area contributed by atoms with Crippen LogP contribution >= 0.6 is 0 Å². The van der Waals surface area contributed by atoms with Gasteiger partial charge in [-0.3, -0.25) is 9.59 Å². The molecule has 0 aromatic rings. The van der Waals surface area contributed by atoms with E-state index in [1.165, 1.54) is 0 Å². The number of carboxylic acid groups (broad SMARTS) is 1. The van der Waals surface area contributed by atoms with Gasteiger partial charge in [-0.25, -0.2) is 4.79 Å². The third-order valence-corrected chi connectivity index (χ3v) is 1.53. The number of hydrogen-bond donors (Lipinski definition) is 0. The van der Waals surface area contributed by atoms with E-state index in [1.807, 2.05) is 0 Å². The minimum atomic E-state index is -2.05. The highest BCUT2D eigenvalue weighted by Crippen LogP contribution is 2.07. The van der Waals surface area contributed by atoms with Gasteiger partial charge in [0.15, 0.2) is 6.10 Å². The van der Waals surface area contributed by atoms with Crippen LogP contribution in [0, 0.1) is 0 Å². The number of aliphatic carboxylic acids is 1. The number of rotatable bonds is 5. The molecular formula is C9H11O8-. The summed E-state index contributed by atoms with van der Waals surface area (Å²) >= 11 is 0. The summed E-state index contributed by atoms with van der Waals surface area (Å²) in [4.78, 5) is 43.2. The fourth-order valence-corrected chi connectivity index (χ4v) is 0.941. The molecular weight excluding hydrogens is 236 g/mol. The zero-order valence-electron chi connectivity index (χ0n) is 9.42. The molecule has 0 radical (unpaired) electrons. The van der Waals surface area contributed by atoms with Crippen molar-refractivity contribution in [2.45, 2.75) is 26.1 Å². The van der Waals surface area contributed by atoms with Crippen LogP contribution in [0.2, 0.25) is 0 Å². The molecule has 96 valence electrons. The average Bonchev–Trinajstić information content (AvgIpc) is 2.21. The van der Waals surface area contributed by atoms with Crippen molar-refractivity contribution >= 4 is 23.9 Å². The molecule has 0 aliphatic rings. The maximum atomic E-state index is 11.2. The molecule has 0 amide bonds. The van der Waals surface area contributed by atoms with E-state index in [4.69, 9.17) is 0 Å². The largest absolute Gasteiger partial charge is 0.546 e. The highest BCUT2D eigenvalue weighted by Gasteiger charge is 2.35. The second kappa shape index (κ2) is 6.46. The Bertz CT molecular complexity index is 334. The third kappa shape index (κ3) is 4.96. The van der Waals surface area contributed by atoms with Crippen molar-refractivity contribution in [3.8, 4) is 0 Å². The van der Waals surface area contributed by atoms with E-state index in [0.29, 0.717) is 0 Å². The third-order valence-electron chi connectivity index (χ3n) is 1.53. The van der Waals surface area contributed by atoms with E-state index in [9.17, 15) is 24.3 Å². The minimum Gasteiger partial charge on any atom is -0.546 e. The van der Waals surface area contributed by atoms with E-state index in [2.05, 4.69) is 14.2 Å². The van der Waals surface area contributed by atoms with Gasteiger partial charge in [-0.1, -0.05) is 0 Å². The van der Waals surface area contributed by atoms with E-state index < -0.39 is 36.1 Å². The lowest BCUT2D eigenvalue weighted by molar-refractivity contribution is -0.318. The minimum absolute atomic E-state index is 0.929. The zero-order chi connectivity index (χ0) is 13.6. The predicted molar refractivity (Wildman–Crippen MR) is 48.1 cm³/mol. The first kappa shape index (κ1) is 14.9. The van der Waals surface area contributed by atoms with E-state index >= 15 is 0 Å². The normalized spacial score (nSPS) is 13.1. The second-order valence-corrected chi connectivity index (χ2v) is 2.90. The number of carboxylic acids is 1. The molecule has 0 fully saturated rings. The first-order valence-corrected chi connectivity index (χ1v) is 4.42. The molecule has 2 atom stereocenters. The molecule has 0 heterocycles. The van der Waals surface area contributed by atoms with E-state index in [1.54, 1.807) is 0 Å². The fourth-order valence-electron chi connectivity index (χ4n) is 0.941. The molecule has 0 spiro atoms. The Balaban J connectivity index is 5.05. The molecule has 0 saturated heterocycles. The van der Waals surface area contributed by atoms with Gasteiger partial charge in [0, 0.05) is 13.8 Å². The lowest BCUT2D eigenvalue weighted by Crippen LogP contribution is -2.51. The van der Waals surface area contributed by atoms with Gasteiger partial charge in [0.1, 0.15) is 0 Å². The molecule has 0 aliphatic carbocycles. The van der Waals surface area contributed by atoms with Gasteiger partial charge < -0.3 is 24.1 Å². The molecule has 0 rings (SSSR count). The summed E-state index contributed by atoms with van der Waals surface area (Å²) in [5, 5.41) is 10.7. The van der Waals surface area contributed by atoms with Crippen LogP contribution in [0.25, 0.3) is 0 Å². The van der Waals surface area contributed by atoms with Gasteiger partial charge in [0.05, 0.1) is 13.1 Å². The highest BCUT2D eigenvalue weighted by atomic mass is 16.6. The van der Waals surface area contributed by atoms with Crippen molar-refractivity contribution in [1.29, 1.82) is 0 Å². The van der Waals surface area contributed by atoms with Crippen LogP contribution in [0.15, 0.2) is 0 Å². The maximum absolute atomic E-state index is 11.2. The molecule has 0 aromatic heterocycles. The zero-order valence-corrected chi connectivity index (χ0v) is 9.42. The Morgan fingerprint density at radius 1 is 0.941 bits per heavy atom. The van der Waals surface area contributed by atoms with Crippen molar-refractivity contribution in [3.05, 3.63) is 0 Å². The van der Waals surface area contributed by atoms with Gasteiger partial charge in [0.2, 0.25) is 6.10 Å². The van der Waals surface area contributed by atoms with Gasteiger partial charge in [-0.15, -0.1) is 0 Å². The first-order chi connectivity index (χ1) is 7.79. The van der Waals surface area contributed by atoms with Crippen LogP contribution < -0.4 is 5.11 Å². The molecule has 0 aliphatic heterocycles. The second-order valence-electron chi connectivity index (χ2n) is 2.90. The van der Waals surface area contributed by atoms with Crippen LogP contribution in [0.3, 0.4) is 0 Å². The Morgan fingerprint density at radius 2 is 1.35 bits per heavy atom. The van der Waals surface area contributed by atoms with E-state index in [-0.39, 0.29) is 0 Å². The standard InChI is InChI=1S/C9H12O8/c1-4(10)16-6(8(12)13)7(9(14)15-3)17-5(2)11/h6-7H,1-3H3,(H,12,13)/p-1/t6-,7+/m0/s1. The number of methoxy groups -OCH3 is 1. The lowest BCUT2D eigenvalue weighted by Gasteiger charge is -2.24. The van der Waals surface area contributed by atoms with E-state index in [0.717, 1.165) is 21.0 Å². The molecule has 17 heavy (non-hydrogen) atoms. The maximum Gasteiger partial charge on any atom is 0.351 e. The Kier molecular flexibility index (Phi) is 5.65. The molecule has 8 nitrogen and oxygen atoms in total. The topological polar surface area (TPSA) is 119 Å². The lowest BCUT2D eigenvalue weighted by atomic mass is 10.2. The summed E-state index contributed by atoms with van der Waals surface area (Å²) in [6.45, 7) is 1.88. The monoisotopic (exact) mass is 247 g/mol. The quantitative estimate of drug-likeness (QED) is 0.395. The van der Waals surface area contributed by atoms with Crippen molar-refractivity contribution in [2.24, 2.45) is 0 Å². The van der Waals surface area contributed by atoms with Gasteiger partial charge >= 0.3 is 17.9 Å². The summed E-state index contributed by atoms with van der Waals surface area (Å²) in [7, 11) is 0.957. The SMILES string of the molecule is COC(=O)[C@H](OC(C)=O)[C@H](OC(C)=O)C(=O)[O-].